The quantitative estimate of drug-likeness (QED) is 0.0529. The van der Waals surface area contributed by atoms with Gasteiger partial charge in [0, 0.05) is 49.4 Å². The number of nitrogens with one attached hydrogen (secondary N) is 4. The van der Waals surface area contributed by atoms with E-state index in [1.165, 1.54) is 22.3 Å². The minimum absolute atomic E-state index is 0.00844. The van der Waals surface area contributed by atoms with Crippen molar-refractivity contribution in [3.8, 4) is 16.9 Å². The molecule has 2 saturated carbocycles. The highest BCUT2D eigenvalue weighted by Crippen LogP contribution is 2.72. The van der Waals surface area contributed by atoms with Crippen molar-refractivity contribution in [2.45, 2.75) is 141 Å². The molecule has 14 rings (SSSR count). The van der Waals surface area contributed by atoms with Crippen LogP contribution in [0.4, 0.5) is 0 Å². The fourth-order valence-corrected chi connectivity index (χ4v) is 17.5. The minimum atomic E-state index is -0.927. The summed E-state index contributed by atoms with van der Waals surface area (Å²) in [7, 11) is 2.04. The molecule has 4 aromatic rings. The van der Waals surface area contributed by atoms with Crippen molar-refractivity contribution in [2.24, 2.45) is 52.3 Å². The van der Waals surface area contributed by atoms with Gasteiger partial charge in [-0.2, -0.15) is 0 Å². The summed E-state index contributed by atoms with van der Waals surface area (Å²) in [5, 5.41) is 58.4. The van der Waals surface area contributed by atoms with Gasteiger partial charge in [-0.15, -0.1) is 0 Å². The first kappa shape index (κ1) is 57.7. The lowest BCUT2D eigenvalue weighted by atomic mass is 9.44. The molecule has 1 spiro atoms. The van der Waals surface area contributed by atoms with Crippen molar-refractivity contribution < 1.29 is 39.5 Å². The first-order chi connectivity index (χ1) is 40.4. The third-order valence-electron chi connectivity index (χ3n) is 21.2. The number of aliphatic hydroxyl groups excluding tert-OH is 3. The van der Waals surface area contributed by atoms with Crippen LogP contribution in [0.25, 0.3) is 16.7 Å². The summed E-state index contributed by atoms with van der Waals surface area (Å²) in [4.78, 5) is 30.7. The number of carbonyl (C=O) groups is 2. The molecule has 12 nitrogen and oxygen atoms in total. The molecule has 12 heteroatoms. The number of fused-ring (bicyclic) bond motifs is 5. The second kappa shape index (κ2) is 24.7. The highest BCUT2D eigenvalue weighted by molar-refractivity contribution is 6.07. The molecule has 12 atom stereocenters. The van der Waals surface area contributed by atoms with E-state index in [0.29, 0.717) is 73.8 Å². The first-order valence-corrected chi connectivity index (χ1v) is 31.6. The minimum Gasteiger partial charge on any atom is -0.508 e. The number of carbonyl (C=O) groups excluding carboxylic acids is 2. The molecule has 10 aliphatic rings. The van der Waals surface area contributed by atoms with Gasteiger partial charge in [0.05, 0.1) is 23.3 Å². The van der Waals surface area contributed by atoms with Crippen LogP contribution in [-0.2, 0) is 44.9 Å². The van der Waals surface area contributed by atoms with Crippen molar-refractivity contribution >= 4 is 17.5 Å². The van der Waals surface area contributed by atoms with E-state index in [0.717, 1.165) is 117 Å². The van der Waals surface area contributed by atoms with Gasteiger partial charge in [0.2, 0.25) is 0 Å². The van der Waals surface area contributed by atoms with E-state index in [4.69, 9.17) is 9.47 Å². The number of cyclic esters (lactones) is 1. The smallest absolute Gasteiger partial charge is 0.340 e. The van der Waals surface area contributed by atoms with Gasteiger partial charge in [-0.1, -0.05) is 79.7 Å². The van der Waals surface area contributed by atoms with E-state index in [1.807, 2.05) is 32.2 Å². The number of allylic oxidation sites excluding steroid dienone is 5. The van der Waals surface area contributed by atoms with Crippen LogP contribution >= 0.6 is 0 Å². The standard InChI is InChI=1S/C71H88N4O8/c1-4-44(33-45-11-6-5-7-12-45)36-61-71-28-23-54-55-21-22-56-60(82-68(80)64(56)65(55)71)24-27-70(51-26-30-74-62(37-51)72-3)39-50(16-10-32-77)59(40-70)67(75-41-43(2)78)57-35-46(17-18-48(57)15-9-31-76)25-29-73-42-47-13-8-14-49(34-47)53-20-19-52(79)38-58(53)63(54)66(71)69(81)83-61/h5-8,11-14,17-20,24,34-36,38,43-44,50-51,54-55,59,62,65,67,72-79H,4,9-10,15-16,21-23,25-33,37,39-42H2,1-3H3/b60-24?,61-36-/t43-,44-,50+,51+,54+,55-,59+,62+,65+,67+,70-,71+/m0/s1. The molecule has 5 heterocycles. The van der Waals surface area contributed by atoms with E-state index < -0.39 is 11.5 Å². The number of rotatable bonds is 15. The Hall–Kier alpha value is -5.70. The lowest BCUT2D eigenvalue weighted by Crippen LogP contribution is -2.52. The van der Waals surface area contributed by atoms with Crippen LogP contribution in [0.15, 0.2) is 131 Å². The number of phenolic OH excluding ortho intramolecular Hbond substituents is 1. The molecule has 0 aromatic heterocycles. The molecule has 440 valence electrons. The molecule has 8 N–H and O–H groups in total. The Bertz CT molecular complexity index is 3180. The van der Waals surface area contributed by atoms with Gasteiger partial charge in [0.25, 0.3) is 0 Å². The average molecular weight is 1130 g/mol. The number of phenols is 1. The molecule has 14 bridgehead atoms. The highest BCUT2D eigenvalue weighted by Gasteiger charge is 2.69. The maximum atomic E-state index is 15.4. The van der Waals surface area contributed by atoms with Crippen LogP contribution in [0.2, 0.25) is 0 Å². The monoisotopic (exact) mass is 1120 g/mol. The molecule has 0 amide bonds. The van der Waals surface area contributed by atoms with Crippen LogP contribution in [-0.4, -0.2) is 84.5 Å². The van der Waals surface area contributed by atoms with Gasteiger partial charge in [-0.25, -0.2) is 9.59 Å². The van der Waals surface area contributed by atoms with Gasteiger partial charge in [-0.05, 0) is 251 Å². The second-order valence-electron chi connectivity index (χ2n) is 25.9. The predicted octanol–water partition coefficient (Wildman–Crippen LogP) is 10.7. The molecule has 4 fully saturated rings. The molecule has 5 aliphatic heterocycles. The van der Waals surface area contributed by atoms with Crippen molar-refractivity contribution in [1.82, 2.24) is 21.3 Å². The Kier molecular flexibility index (Phi) is 17.2. The van der Waals surface area contributed by atoms with Gasteiger partial charge < -0.3 is 51.2 Å². The predicted molar refractivity (Wildman–Crippen MR) is 324 cm³/mol. The van der Waals surface area contributed by atoms with Crippen LogP contribution in [0, 0.1) is 52.3 Å². The number of hydrogen-bond donors (Lipinski definition) is 8. The maximum absolute atomic E-state index is 15.4. The molecule has 0 radical (unpaired) electrons. The number of aromatic hydroxyl groups is 1. The zero-order valence-electron chi connectivity index (χ0n) is 49.1. The molecule has 0 unspecified atom stereocenters. The van der Waals surface area contributed by atoms with E-state index in [2.05, 4.69) is 107 Å². The van der Waals surface area contributed by atoms with E-state index in [9.17, 15) is 20.4 Å². The van der Waals surface area contributed by atoms with Gasteiger partial charge >= 0.3 is 11.9 Å². The maximum Gasteiger partial charge on any atom is 0.340 e. The third kappa shape index (κ3) is 11.0. The number of aryl methyl sites for hydroxylation is 1. The van der Waals surface area contributed by atoms with E-state index >= 15 is 9.59 Å². The summed E-state index contributed by atoms with van der Waals surface area (Å²) in [5.74, 6) is 1.21. The zero-order chi connectivity index (χ0) is 57.4. The summed E-state index contributed by atoms with van der Waals surface area (Å²) < 4.78 is 13.5. The van der Waals surface area contributed by atoms with E-state index in [1.54, 1.807) is 6.07 Å². The highest BCUT2D eigenvalue weighted by atomic mass is 16.6. The molecule has 5 aliphatic carbocycles. The third-order valence-corrected chi connectivity index (χ3v) is 21.2. The molecule has 2 saturated heterocycles. The Morgan fingerprint density at radius 2 is 1.70 bits per heavy atom. The number of piperidine rings is 1. The average Bonchev–Trinajstić information content (AvgIpc) is 1.77. The summed E-state index contributed by atoms with van der Waals surface area (Å²) in [6.07, 6.45) is 16.9. The van der Waals surface area contributed by atoms with Gasteiger partial charge in [-0.3, -0.25) is 0 Å². The lowest BCUT2D eigenvalue weighted by Gasteiger charge is -2.56. The van der Waals surface area contributed by atoms with Crippen LogP contribution in [0.1, 0.15) is 137 Å². The molecule has 83 heavy (non-hydrogen) atoms. The summed E-state index contributed by atoms with van der Waals surface area (Å²) in [5.41, 5.74) is 10.9. The van der Waals surface area contributed by atoms with Crippen LogP contribution in [0.5, 0.6) is 5.75 Å². The van der Waals surface area contributed by atoms with E-state index in [-0.39, 0.29) is 84.0 Å². The number of benzene rings is 4. The van der Waals surface area contributed by atoms with Crippen molar-refractivity contribution in [1.29, 1.82) is 0 Å². The largest absolute Gasteiger partial charge is 0.508 e. The number of esters is 2. The first-order valence-electron chi connectivity index (χ1n) is 31.6. The van der Waals surface area contributed by atoms with Gasteiger partial charge in [0.1, 0.15) is 17.3 Å². The fourth-order valence-electron chi connectivity index (χ4n) is 17.5. The Morgan fingerprint density at radius 1 is 0.843 bits per heavy atom. The fraction of sp³-hybridized carbons (Fsp3) is 0.521. The number of ether oxygens (including phenoxy) is 2. The summed E-state index contributed by atoms with van der Waals surface area (Å²) in [6, 6.07) is 31.5. The molecular formula is C71H88N4O8. The number of hydrogen-bond acceptors (Lipinski definition) is 12. The zero-order valence-corrected chi connectivity index (χ0v) is 49.1. The Balaban J connectivity index is 1.05. The van der Waals surface area contributed by atoms with Crippen molar-refractivity contribution in [2.75, 3.05) is 39.9 Å². The summed E-state index contributed by atoms with van der Waals surface area (Å²) >= 11 is 0. The van der Waals surface area contributed by atoms with Crippen molar-refractivity contribution in [3.63, 3.8) is 0 Å². The van der Waals surface area contributed by atoms with Crippen LogP contribution in [0.3, 0.4) is 0 Å². The Morgan fingerprint density at radius 3 is 2.51 bits per heavy atom. The number of aliphatic hydroxyl groups is 3. The Labute approximate surface area is 491 Å². The molecular weight excluding hydrogens is 1040 g/mol. The lowest BCUT2D eigenvalue weighted by molar-refractivity contribution is -0.135. The summed E-state index contributed by atoms with van der Waals surface area (Å²) in [6.45, 7) is 6.94. The SMILES string of the molecule is CC[C@H](/C=C1\OC(=O)C2=C3c4cc(O)ccc4-c4cccc(c4)CNCCc4ccc(CCCO)c(c4)[C@@H](NC[C@H](C)O)[C@@H]4C[C@]([C@@H]5CCN[C@@H](NC)C5)(CC=C5OC(=O)C6=C5CC[C@H]5[C@H]3CC[C@@]21[C@@H]65)C[C@H]4CCCO)Cc1ccccc1. The second-order valence-corrected chi connectivity index (χ2v) is 25.9. The molecule has 4 aromatic carbocycles. The van der Waals surface area contributed by atoms with Gasteiger partial charge in [0.15, 0.2) is 0 Å². The van der Waals surface area contributed by atoms with Crippen molar-refractivity contribution in [3.05, 3.63) is 165 Å². The normalized spacial score (nSPS) is 30.6. The topological polar surface area (TPSA) is 182 Å². The van der Waals surface area contributed by atoms with Crippen LogP contribution < -0.4 is 21.3 Å².